The zero-order valence-corrected chi connectivity index (χ0v) is 18.5. The van der Waals surface area contributed by atoms with E-state index in [-0.39, 0.29) is 12.1 Å². The standard InChI is InChI=1S/C26H30N4O2/c1-17-10-11-19(15-21(17)18(2)26(31)32)12-14-27-24(20-7-4-3-5-8-20)23-16-29-22-9-6-13-28-25(22)30-23/h3-11,13,15,18,23-24,27,29H,12,14,16H2,1-2H3,(H,28,30)(H,31,32)/t18?,23-,24-/m1/s1. The third kappa shape index (κ3) is 4.92. The van der Waals surface area contributed by atoms with Crippen LogP contribution in [-0.2, 0) is 11.2 Å². The van der Waals surface area contributed by atoms with Crippen LogP contribution in [0, 0.1) is 6.92 Å². The highest BCUT2D eigenvalue weighted by Crippen LogP contribution is 2.28. The van der Waals surface area contributed by atoms with Gasteiger partial charge in [-0.05, 0) is 61.2 Å². The highest BCUT2D eigenvalue weighted by Gasteiger charge is 2.27. The van der Waals surface area contributed by atoms with E-state index < -0.39 is 11.9 Å². The number of pyridine rings is 1. The minimum atomic E-state index is -0.794. The Kier molecular flexibility index (Phi) is 6.71. The molecule has 166 valence electrons. The Labute approximate surface area is 189 Å². The lowest BCUT2D eigenvalue weighted by molar-refractivity contribution is -0.138. The molecule has 3 atom stereocenters. The predicted molar refractivity (Wildman–Crippen MR) is 128 cm³/mol. The topological polar surface area (TPSA) is 86.3 Å². The maximum Gasteiger partial charge on any atom is 0.310 e. The first-order chi connectivity index (χ1) is 15.5. The minimum absolute atomic E-state index is 0.0988. The van der Waals surface area contributed by atoms with E-state index in [2.05, 4.69) is 51.3 Å². The van der Waals surface area contributed by atoms with Crippen LogP contribution in [-0.4, -0.2) is 35.2 Å². The number of anilines is 2. The molecule has 1 aliphatic rings. The van der Waals surface area contributed by atoms with Crippen LogP contribution in [0.15, 0.2) is 66.9 Å². The van der Waals surface area contributed by atoms with E-state index in [0.717, 1.165) is 47.7 Å². The van der Waals surface area contributed by atoms with Crippen molar-refractivity contribution in [2.45, 2.75) is 38.3 Å². The molecule has 0 amide bonds. The highest BCUT2D eigenvalue weighted by atomic mass is 16.4. The smallest absolute Gasteiger partial charge is 0.310 e. The van der Waals surface area contributed by atoms with Gasteiger partial charge in [-0.25, -0.2) is 4.98 Å². The summed E-state index contributed by atoms with van der Waals surface area (Å²) in [7, 11) is 0. The molecule has 0 saturated heterocycles. The maximum absolute atomic E-state index is 11.5. The summed E-state index contributed by atoms with van der Waals surface area (Å²) >= 11 is 0. The Hall–Kier alpha value is -3.38. The van der Waals surface area contributed by atoms with Gasteiger partial charge in [0.05, 0.1) is 23.7 Å². The van der Waals surface area contributed by atoms with Crippen LogP contribution >= 0.6 is 0 Å². The maximum atomic E-state index is 11.5. The van der Waals surface area contributed by atoms with Gasteiger partial charge in [0, 0.05) is 12.7 Å². The second-order valence-corrected chi connectivity index (χ2v) is 8.37. The van der Waals surface area contributed by atoms with Crippen molar-refractivity contribution in [3.63, 3.8) is 0 Å². The second-order valence-electron chi connectivity index (χ2n) is 8.37. The molecule has 6 heteroatoms. The first-order valence-electron chi connectivity index (χ1n) is 11.1. The van der Waals surface area contributed by atoms with Gasteiger partial charge in [-0.1, -0.05) is 48.5 Å². The molecule has 4 N–H and O–H groups in total. The van der Waals surface area contributed by atoms with Gasteiger partial charge in [0.2, 0.25) is 0 Å². The van der Waals surface area contributed by atoms with Crippen LogP contribution in [0.2, 0.25) is 0 Å². The lowest BCUT2D eigenvalue weighted by atomic mass is 9.93. The second kappa shape index (κ2) is 9.83. The van der Waals surface area contributed by atoms with Crippen molar-refractivity contribution in [1.29, 1.82) is 0 Å². The molecule has 1 unspecified atom stereocenters. The van der Waals surface area contributed by atoms with Gasteiger partial charge in [0.25, 0.3) is 0 Å². The van der Waals surface area contributed by atoms with Gasteiger partial charge in [0.1, 0.15) is 5.82 Å². The molecule has 2 aromatic carbocycles. The number of fused-ring (bicyclic) bond motifs is 1. The third-order valence-corrected chi connectivity index (χ3v) is 6.16. The fourth-order valence-corrected chi connectivity index (χ4v) is 4.28. The summed E-state index contributed by atoms with van der Waals surface area (Å²) in [5.41, 5.74) is 5.28. The summed E-state index contributed by atoms with van der Waals surface area (Å²) in [4.78, 5) is 15.9. The van der Waals surface area contributed by atoms with Gasteiger partial charge in [-0.15, -0.1) is 0 Å². The average molecular weight is 431 g/mol. The summed E-state index contributed by atoms with van der Waals surface area (Å²) < 4.78 is 0. The molecule has 0 saturated carbocycles. The monoisotopic (exact) mass is 430 g/mol. The third-order valence-electron chi connectivity index (χ3n) is 6.16. The van der Waals surface area contributed by atoms with Gasteiger partial charge in [-0.3, -0.25) is 4.79 Å². The quantitative estimate of drug-likeness (QED) is 0.425. The molecule has 2 heterocycles. The zero-order valence-electron chi connectivity index (χ0n) is 18.5. The van der Waals surface area contributed by atoms with E-state index in [1.165, 1.54) is 5.56 Å². The molecular formula is C26H30N4O2. The fourth-order valence-electron chi connectivity index (χ4n) is 4.28. The minimum Gasteiger partial charge on any atom is -0.481 e. The molecule has 6 nitrogen and oxygen atoms in total. The van der Waals surface area contributed by atoms with Crippen LogP contribution in [0.5, 0.6) is 0 Å². The molecule has 1 aromatic heterocycles. The van der Waals surface area contributed by atoms with Crippen LogP contribution in [0.1, 0.15) is 41.1 Å². The SMILES string of the molecule is Cc1ccc(CCN[C@H](c2ccccc2)[C@H]2CNc3cccnc3N2)cc1C(C)C(=O)O. The Morgan fingerprint density at radius 1 is 1.19 bits per heavy atom. The number of rotatable bonds is 8. The highest BCUT2D eigenvalue weighted by molar-refractivity contribution is 5.76. The number of benzene rings is 2. The van der Waals surface area contributed by atoms with E-state index in [1.54, 1.807) is 13.1 Å². The van der Waals surface area contributed by atoms with Crippen LogP contribution in [0.4, 0.5) is 11.5 Å². The lowest BCUT2D eigenvalue weighted by Gasteiger charge is -2.34. The predicted octanol–water partition coefficient (Wildman–Crippen LogP) is 4.36. The molecule has 32 heavy (non-hydrogen) atoms. The number of aryl methyl sites for hydroxylation is 1. The van der Waals surface area contributed by atoms with Crippen LogP contribution < -0.4 is 16.0 Å². The van der Waals surface area contributed by atoms with Crippen molar-refractivity contribution in [1.82, 2.24) is 10.3 Å². The summed E-state index contributed by atoms with van der Waals surface area (Å²) in [6, 6.07) is 20.8. The number of carboxylic acid groups (broad SMARTS) is 1. The first kappa shape index (κ1) is 21.8. The van der Waals surface area contributed by atoms with Crippen molar-refractivity contribution < 1.29 is 9.90 Å². The van der Waals surface area contributed by atoms with E-state index in [4.69, 9.17) is 0 Å². The van der Waals surface area contributed by atoms with Crippen molar-refractivity contribution in [3.05, 3.63) is 89.1 Å². The molecule has 0 fully saturated rings. The molecule has 1 aliphatic heterocycles. The fraction of sp³-hybridized carbons (Fsp3) is 0.308. The number of carboxylic acids is 1. The van der Waals surface area contributed by atoms with Gasteiger partial charge in [0.15, 0.2) is 0 Å². The van der Waals surface area contributed by atoms with Crippen molar-refractivity contribution >= 4 is 17.5 Å². The molecule has 0 bridgehead atoms. The number of aliphatic carboxylic acids is 1. The molecule has 3 aromatic rings. The Morgan fingerprint density at radius 2 is 2.00 bits per heavy atom. The van der Waals surface area contributed by atoms with E-state index in [0.29, 0.717) is 0 Å². The van der Waals surface area contributed by atoms with Crippen LogP contribution in [0.25, 0.3) is 0 Å². The van der Waals surface area contributed by atoms with E-state index in [1.807, 2.05) is 37.3 Å². The molecule has 0 radical (unpaired) electrons. The largest absolute Gasteiger partial charge is 0.481 e. The summed E-state index contributed by atoms with van der Waals surface area (Å²) in [6.45, 7) is 5.27. The summed E-state index contributed by atoms with van der Waals surface area (Å²) in [5.74, 6) is -0.431. The Bertz CT molecular complexity index is 1070. The molecule has 4 rings (SSSR count). The van der Waals surface area contributed by atoms with Gasteiger partial charge in [-0.2, -0.15) is 0 Å². The van der Waals surface area contributed by atoms with E-state index >= 15 is 0 Å². The Morgan fingerprint density at radius 3 is 2.78 bits per heavy atom. The number of carbonyl (C=O) groups is 1. The van der Waals surface area contributed by atoms with Crippen molar-refractivity contribution in [2.24, 2.45) is 0 Å². The number of nitrogens with zero attached hydrogens (tertiary/aromatic N) is 1. The van der Waals surface area contributed by atoms with Crippen molar-refractivity contribution in [3.8, 4) is 0 Å². The molecule has 0 aliphatic carbocycles. The van der Waals surface area contributed by atoms with Gasteiger partial charge >= 0.3 is 5.97 Å². The number of hydrogen-bond acceptors (Lipinski definition) is 5. The number of nitrogens with one attached hydrogen (secondary N) is 3. The normalized spacial score (nSPS) is 16.9. The lowest BCUT2D eigenvalue weighted by Crippen LogP contribution is -2.44. The summed E-state index contributed by atoms with van der Waals surface area (Å²) in [5, 5.41) is 20.2. The summed E-state index contributed by atoms with van der Waals surface area (Å²) in [6.07, 6.45) is 2.62. The molecule has 0 spiro atoms. The number of hydrogen-bond donors (Lipinski definition) is 4. The zero-order chi connectivity index (χ0) is 22.5. The van der Waals surface area contributed by atoms with Gasteiger partial charge < -0.3 is 21.1 Å². The number of aromatic nitrogens is 1. The Balaban J connectivity index is 1.47. The first-order valence-corrected chi connectivity index (χ1v) is 11.1. The van der Waals surface area contributed by atoms with Crippen LogP contribution in [0.3, 0.4) is 0 Å². The average Bonchev–Trinajstić information content (AvgIpc) is 2.82. The molecular weight excluding hydrogens is 400 g/mol. The van der Waals surface area contributed by atoms with Crippen molar-refractivity contribution in [2.75, 3.05) is 23.7 Å². The van der Waals surface area contributed by atoms with E-state index in [9.17, 15) is 9.90 Å².